The highest BCUT2D eigenvalue weighted by Gasteiger charge is 2.16. The zero-order chi connectivity index (χ0) is 23.5. The number of anilines is 2. The van der Waals surface area contributed by atoms with Gasteiger partial charge in [0.25, 0.3) is 0 Å². The van der Waals surface area contributed by atoms with E-state index in [0.717, 1.165) is 27.4 Å². The smallest absolute Gasteiger partial charge is 0.241 e. The predicted octanol–water partition coefficient (Wildman–Crippen LogP) is 4.46. The molecule has 7 nitrogen and oxygen atoms in total. The lowest BCUT2D eigenvalue weighted by Gasteiger charge is -2.11. The molecule has 0 aliphatic heterocycles. The molecule has 0 amide bonds. The maximum atomic E-state index is 12.9. The molecule has 5 rings (SSSR count). The van der Waals surface area contributed by atoms with Crippen molar-refractivity contribution in [3.05, 3.63) is 102 Å². The quantitative estimate of drug-likeness (QED) is 0.325. The van der Waals surface area contributed by atoms with Crippen molar-refractivity contribution in [1.82, 2.24) is 14.7 Å². The molecule has 0 radical (unpaired) electrons. The topological polar surface area (TPSA) is 110 Å². The van der Waals surface area contributed by atoms with Crippen LogP contribution >= 0.6 is 0 Å². The number of nitrogens with one attached hydrogen (secondary N) is 2. The van der Waals surface area contributed by atoms with Crippen molar-refractivity contribution in [2.45, 2.75) is 18.0 Å². The first-order valence-electron chi connectivity index (χ1n) is 10.8. The van der Waals surface area contributed by atoms with Crippen LogP contribution in [0.3, 0.4) is 0 Å². The van der Waals surface area contributed by atoms with Gasteiger partial charge in [-0.25, -0.2) is 18.1 Å². The molecule has 0 saturated carbocycles. The molecule has 8 heteroatoms. The van der Waals surface area contributed by atoms with Gasteiger partial charge in [-0.3, -0.25) is 0 Å². The average Bonchev–Trinajstić information content (AvgIpc) is 2.86. The molecule has 1 aromatic heterocycles. The Morgan fingerprint density at radius 2 is 1.35 bits per heavy atom. The first-order chi connectivity index (χ1) is 16.5. The Kier molecular flexibility index (Phi) is 5.83. The van der Waals surface area contributed by atoms with Gasteiger partial charge >= 0.3 is 0 Å². The molecule has 0 bridgehead atoms. The van der Waals surface area contributed by atoms with Gasteiger partial charge in [0, 0.05) is 23.9 Å². The van der Waals surface area contributed by atoms with Crippen LogP contribution in [0.5, 0.6) is 0 Å². The van der Waals surface area contributed by atoms with Gasteiger partial charge in [0.05, 0.1) is 10.4 Å². The van der Waals surface area contributed by atoms with Crippen molar-refractivity contribution in [3.63, 3.8) is 0 Å². The summed E-state index contributed by atoms with van der Waals surface area (Å²) < 4.78 is 28.5. The summed E-state index contributed by atoms with van der Waals surface area (Å²) in [4.78, 5) is 9.10. The number of rotatable bonds is 7. The van der Waals surface area contributed by atoms with Crippen molar-refractivity contribution < 1.29 is 8.42 Å². The van der Waals surface area contributed by atoms with E-state index < -0.39 is 10.0 Å². The molecule has 4 aromatic carbocycles. The monoisotopic (exact) mass is 469 g/mol. The molecular weight excluding hydrogens is 446 g/mol. The zero-order valence-electron chi connectivity index (χ0n) is 18.3. The Morgan fingerprint density at radius 1 is 0.706 bits per heavy atom. The first-order valence-corrected chi connectivity index (χ1v) is 12.3. The van der Waals surface area contributed by atoms with Gasteiger partial charge in [-0.1, -0.05) is 72.8 Å². The van der Waals surface area contributed by atoms with Crippen LogP contribution in [-0.4, -0.2) is 18.4 Å². The molecule has 0 saturated heterocycles. The maximum absolute atomic E-state index is 12.9. The molecule has 0 aliphatic rings. The molecule has 5 aromatic rings. The molecule has 4 N–H and O–H groups in total. The summed E-state index contributed by atoms with van der Waals surface area (Å²) in [5.74, 6) is 0.894. The third kappa shape index (κ3) is 4.54. The van der Waals surface area contributed by atoms with E-state index in [1.807, 2.05) is 78.9 Å². The highest BCUT2D eigenvalue weighted by Crippen LogP contribution is 2.23. The van der Waals surface area contributed by atoms with Gasteiger partial charge in [-0.2, -0.15) is 4.98 Å². The summed E-state index contributed by atoms with van der Waals surface area (Å²) in [5, 5.41) is 5.61. The molecule has 0 atom stereocenters. The fourth-order valence-electron chi connectivity index (χ4n) is 3.82. The van der Waals surface area contributed by atoms with E-state index >= 15 is 0 Å². The van der Waals surface area contributed by atoms with Gasteiger partial charge in [0.2, 0.25) is 16.0 Å². The lowest BCUT2D eigenvalue weighted by molar-refractivity contribution is 0.582. The number of para-hydroxylation sites is 1. The highest BCUT2D eigenvalue weighted by molar-refractivity contribution is 7.89. The fraction of sp³-hybridized carbons (Fsp3) is 0.0769. The molecule has 0 spiro atoms. The first kappa shape index (κ1) is 21.8. The van der Waals surface area contributed by atoms with Crippen LogP contribution in [0.2, 0.25) is 0 Å². The molecular formula is C26H23N5O2S. The van der Waals surface area contributed by atoms with Crippen LogP contribution < -0.4 is 15.8 Å². The Hall–Kier alpha value is -4.01. The number of benzene rings is 4. The molecule has 34 heavy (non-hydrogen) atoms. The van der Waals surface area contributed by atoms with E-state index in [0.29, 0.717) is 23.7 Å². The van der Waals surface area contributed by atoms with Gasteiger partial charge in [0.1, 0.15) is 5.82 Å². The number of nitrogens with zero attached hydrogens (tertiary/aromatic N) is 2. The second-order valence-electron chi connectivity index (χ2n) is 7.92. The van der Waals surface area contributed by atoms with Crippen LogP contribution in [0.15, 0.2) is 95.9 Å². The van der Waals surface area contributed by atoms with Crippen molar-refractivity contribution in [2.75, 3.05) is 11.1 Å². The summed E-state index contributed by atoms with van der Waals surface area (Å²) in [6.07, 6.45) is 0. The largest absolute Gasteiger partial charge is 0.383 e. The minimum atomic E-state index is -3.65. The number of sulfonamides is 1. The summed E-state index contributed by atoms with van der Waals surface area (Å²) in [5.41, 5.74) is 8.69. The van der Waals surface area contributed by atoms with Crippen LogP contribution in [0.4, 0.5) is 11.8 Å². The van der Waals surface area contributed by atoms with E-state index in [-0.39, 0.29) is 11.4 Å². The maximum Gasteiger partial charge on any atom is 0.241 e. The molecule has 1 heterocycles. The molecule has 0 fully saturated rings. The van der Waals surface area contributed by atoms with E-state index in [4.69, 9.17) is 5.73 Å². The van der Waals surface area contributed by atoms with Crippen LogP contribution in [-0.2, 0) is 23.1 Å². The van der Waals surface area contributed by atoms with Crippen LogP contribution in [0.1, 0.15) is 11.1 Å². The Balaban J connectivity index is 1.24. The van der Waals surface area contributed by atoms with Crippen molar-refractivity contribution in [1.29, 1.82) is 0 Å². The van der Waals surface area contributed by atoms with Crippen molar-refractivity contribution in [2.24, 2.45) is 0 Å². The normalized spacial score (nSPS) is 11.6. The van der Waals surface area contributed by atoms with Gasteiger partial charge < -0.3 is 11.1 Å². The third-order valence-corrected chi connectivity index (χ3v) is 7.07. The average molecular weight is 470 g/mol. The van der Waals surface area contributed by atoms with Crippen molar-refractivity contribution >= 4 is 43.5 Å². The number of hydrogen-bond acceptors (Lipinski definition) is 6. The second kappa shape index (κ2) is 9.09. The number of hydrogen-bond donors (Lipinski definition) is 3. The molecule has 0 aliphatic carbocycles. The highest BCUT2D eigenvalue weighted by atomic mass is 32.2. The minimum Gasteiger partial charge on any atom is -0.383 e. The lowest BCUT2D eigenvalue weighted by Crippen LogP contribution is -2.23. The Bertz CT molecular complexity index is 1580. The zero-order valence-corrected chi connectivity index (χ0v) is 19.1. The second-order valence-corrected chi connectivity index (χ2v) is 9.66. The van der Waals surface area contributed by atoms with E-state index in [1.165, 1.54) is 0 Å². The van der Waals surface area contributed by atoms with Gasteiger partial charge in [0.15, 0.2) is 0 Å². The summed E-state index contributed by atoms with van der Waals surface area (Å²) >= 11 is 0. The number of nitrogen functional groups attached to an aromatic ring is 1. The summed E-state index contributed by atoms with van der Waals surface area (Å²) in [6, 6.07) is 28.0. The fourth-order valence-corrected chi connectivity index (χ4v) is 5.07. The van der Waals surface area contributed by atoms with E-state index in [1.54, 1.807) is 12.1 Å². The summed E-state index contributed by atoms with van der Waals surface area (Å²) in [6.45, 7) is 0.712. The Labute approximate surface area is 197 Å². The predicted molar refractivity (Wildman–Crippen MR) is 136 cm³/mol. The van der Waals surface area contributed by atoms with Crippen molar-refractivity contribution in [3.8, 4) is 0 Å². The van der Waals surface area contributed by atoms with Gasteiger partial charge in [-0.15, -0.1) is 0 Å². The van der Waals surface area contributed by atoms with Crippen LogP contribution in [0.25, 0.3) is 21.7 Å². The number of nitrogens with two attached hydrogens (primary N) is 1. The van der Waals surface area contributed by atoms with E-state index in [2.05, 4.69) is 20.0 Å². The molecule has 170 valence electrons. The summed E-state index contributed by atoms with van der Waals surface area (Å²) in [7, 11) is -3.65. The lowest BCUT2D eigenvalue weighted by atomic mass is 10.1. The Morgan fingerprint density at radius 3 is 2.15 bits per heavy atom. The van der Waals surface area contributed by atoms with E-state index in [9.17, 15) is 8.42 Å². The number of aromatic nitrogens is 2. The van der Waals surface area contributed by atoms with Gasteiger partial charge in [-0.05, 0) is 34.7 Å². The van der Waals surface area contributed by atoms with Crippen LogP contribution in [0, 0.1) is 0 Å². The third-order valence-electron chi connectivity index (χ3n) is 5.61. The SMILES string of the molecule is Nc1nc(NCc2ccc(CNS(=O)(=O)c3cccc4ccccc34)cc2)nc2ccccc12. The standard InChI is InChI=1S/C26H23N5O2S/c27-25-22-9-3-4-10-23(22)30-26(31-25)28-16-18-12-14-19(15-13-18)17-29-34(32,33)24-11-5-7-20-6-1-2-8-21(20)24/h1-15,29H,16-17H2,(H3,27,28,30,31). The number of fused-ring (bicyclic) bond motifs is 2. The molecule has 0 unspecified atom stereocenters. The minimum absolute atomic E-state index is 0.198.